The molecule has 0 aliphatic heterocycles. The maximum atomic E-state index is 14.5. The molecular formula is C34H24Br2Cl2F6N6O2. The Morgan fingerprint density at radius 1 is 0.654 bits per heavy atom. The number of aryl methyl sites for hydroxylation is 1. The first-order chi connectivity index (χ1) is 24.6. The lowest BCUT2D eigenvalue weighted by Crippen LogP contribution is -2.27. The molecule has 6 rings (SSSR count). The molecule has 0 aliphatic rings. The molecule has 4 heterocycles. The van der Waals surface area contributed by atoms with E-state index >= 15 is 0 Å². The van der Waals surface area contributed by atoms with E-state index in [2.05, 4.69) is 42.1 Å². The van der Waals surface area contributed by atoms with Crippen molar-refractivity contribution in [3.8, 4) is 33.9 Å². The van der Waals surface area contributed by atoms with Crippen LogP contribution < -0.4 is 11.1 Å². The molecule has 8 nitrogen and oxygen atoms in total. The van der Waals surface area contributed by atoms with E-state index in [-0.39, 0.29) is 35.9 Å². The van der Waals surface area contributed by atoms with Crippen LogP contribution in [0.1, 0.15) is 28.7 Å². The molecular weight excluding hydrogens is 869 g/mol. The van der Waals surface area contributed by atoms with Gasteiger partial charge in [-0.2, -0.15) is 10.2 Å². The molecule has 6 aromatic rings. The SMILES string of the molecule is CCn1c(-c2c(F)cc(F)cc2F)c(-n2cc(Cl)cn2)cc(C(Br)Br)c1=O.CCn1c(-c2c(F)cc(F)cc2F)c(-n2cc(Cl)cn2)cc(C)c1=O. The van der Waals surface area contributed by atoms with Crippen molar-refractivity contribution in [3.63, 3.8) is 0 Å². The summed E-state index contributed by atoms with van der Waals surface area (Å²) >= 11 is 18.4. The highest BCUT2D eigenvalue weighted by Crippen LogP contribution is 2.36. The molecule has 272 valence electrons. The maximum absolute atomic E-state index is 14.5. The van der Waals surface area contributed by atoms with Crippen molar-refractivity contribution in [1.29, 1.82) is 0 Å². The molecule has 0 saturated carbocycles. The van der Waals surface area contributed by atoms with Crippen molar-refractivity contribution < 1.29 is 26.3 Å². The van der Waals surface area contributed by atoms with Gasteiger partial charge in [-0.15, -0.1) is 0 Å². The van der Waals surface area contributed by atoms with Gasteiger partial charge in [0.15, 0.2) is 0 Å². The topological polar surface area (TPSA) is 79.6 Å². The van der Waals surface area contributed by atoms with Crippen LogP contribution in [0.2, 0.25) is 10.0 Å². The van der Waals surface area contributed by atoms with Crippen LogP contribution in [0.4, 0.5) is 26.3 Å². The zero-order valence-corrected chi connectivity index (χ0v) is 31.7. The number of hydrogen-bond donors (Lipinski definition) is 0. The van der Waals surface area contributed by atoms with Gasteiger partial charge in [0, 0.05) is 60.9 Å². The van der Waals surface area contributed by atoms with Gasteiger partial charge in [0.1, 0.15) is 38.6 Å². The molecule has 0 bridgehead atoms. The lowest BCUT2D eigenvalue weighted by molar-refractivity contribution is 0.543. The van der Waals surface area contributed by atoms with Crippen LogP contribution in [-0.4, -0.2) is 28.7 Å². The molecule has 0 aliphatic carbocycles. The maximum Gasteiger partial charge on any atom is 0.256 e. The van der Waals surface area contributed by atoms with Crippen molar-refractivity contribution >= 4 is 55.1 Å². The molecule has 0 N–H and O–H groups in total. The highest BCUT2D eigenvalue weighted by Gasteiger charge is 2.26. The standard InChI is InChI=1S/C17H11Br2ClF3N3O.C17H13ClF3N3O/c1-2-25-15(14-11(22)3-9(21)4-12(14)23)13(26-7-8(20)6-24-26)5-10(16(18)19)17(25)27;1-3-23-16(15-12(20)5-11(19)6-13(15)21)14(4-9(2)17(23)25)24-8-10(18)7-22-24/h3-7,16H,2H2,1H3;4-8H,3H2,1-2H3. The molecule has 52 heavy (non-hydrogen) atoms. The number of aromatic nitrogens is 6. The Morgan fingerprint density at radius 2 is 1.04 bits per heavy atom. The average molecular weight is 893 g/mol. The van der Waals surface area contributed by atoms with Crippen LogP contribution in [-0.2, 0) is 13.1 Å². The summed E-state index contributed by atoms with van der Waals surface area (Å²) in [6.45, 7) is 5.19. The van der Waals surface area contributed by atoms with Crippen molar-refractivity contribution in [2.45, 2.75) is 37.6 Å². The lowest BCUT2D eigenvalue weighted by atomic mass is 10.1. The van der Waals surface area contributed by atoms with Crippen LogP contribution in [0.15, 0.2) is 70.8 Å². The van der Waals surface area contributed by atoms with Crippen LogP contribution in [0.5, 0.6) is 0 Å². The summed E-state index contributed by atoms with van der Waals surface area (Å²) in [5, 5.41) is 8.73. The largest absolute Gasteiger partial charge is 0.306 e. The predicted molar refractivity (Wildman–Crippen MR) is 193 cm³/mol. The van der Waals surface area contributed by atoms with E-state index in [1.807, 2.05) is 0 Å². The predicted octanol–water partition coefficient (Wildman–Crippen LogP) is 9.68. The van der Waals surface area contributed by atoms with Crippen LogP contribution >= 0.6 is 55.1 Å². The summed E-state index contributed by atoms with van der Waals surface area (Å²) in [6, 6.07) is 5.19. The first kappa shape index (κ1) is 39.1. The van der Waals surface area contributed by atoms with Crippen LogP contribution in [0, 0.1) is 41.8 Å². The number of alkyl halides is 2. The Morgan fingerprint density at radius 3 is 1.38 bits per heavy atom. The normalized spacial score (nSPS) is 11.3. The summed E-state index contributed by atoms with van der Waals surface area (Å²) in [5.41, 5.74) is -0.845. The Kier molecular flexibility index (Phi) is 11.9. The second-order valence-electron chi connectivity index (χ2n) is 11.0. The summed E-state index contributed by atoms with van der Waals surface area (Å²) < 4.78 is 89.1. The highest BCUT2D eigenvalue weighted by molar-refractivity contribution is 9.24. The van der Waals surface area contributed by atoms with Gasteiger partial charge < -0.3 is 9.13 Å². The summed E-state index contributed by atoms with van der Waals surface area (Å²) in [4.78, 5) is 25.3. The highest BCUT2D eigenvalue weighted by atomic mass is 79.9. The van der Waals surface area contributed by atoms with Gasteiger partial charge in [-0.25, -0.2) is 35.7 Å². The van der Waals surface area contributed by atoms with Crippen LogP contribution in [0.3, 0.4) is 0 Å². The molecule has 4 aromatic heterocycles. The minimum Gasteiger partial charge on any atom is -0.306 e. The van der Waals surface area contributed by atoms with Crippen molar-refractivity contribution in [1.82, 2.24) is 28.7 Å². The molecule has 0 radical (unpaired) electrons. The fourth-order valence-corrected chi connectivity index (χ4v) is 6.43. The Hall–Kier alpha value is -4.12. The minimum atomic E-state index is -1.13. The number of rotatable bonds is 7. The van der Waals surface area contributed by atoms with Gasteiger partial charge >= 0.3 is 0 Å². The molecule has 0 fully saturated rings. The third-order valence-corrected chi connectivity index (χ3v) is 9.07. The summed E-state index contributed by atoms with van der Waals surface area (Å²) in [7, 11) is 0. The van der Waals surface area contributed by atoms with Crippen molar-refractivity contribution in [3.05, 3.63) is 138 Å². The van der Waals surface area contributed by atoms with Crippen molar-refractivity contribution in [2.24, 2.45) is 0 Å². The number of halogens is 10. The average Bonchev–Trinajstić information content (AvgIpc) is 3.70. The molecule has 0 saturated heterocycles. The second kappa shape index (κ2) is 15.9. The monoisotopic (exact) mass is 890 g/mol. The first-order valence-electron chi connectivity index (χ1n) is 15.1. The van der Waals surface area contributed by atoms with E-state index in [1.54, 1.807) is 20.8 Å². The van der Waals surface area contributed by atoms with Gasteiger partial charge in [0.25, 0.3) is 11.1 Å². The van der Waals surface area contributed by atoms with Gasteiger partial charge in [-0.1, -0.05) is 55.1 Å². The van der Waals surface area contributed by atoms with E-state index < -0.39 is 60.9 Å². The van der Waals surface area contributed by atoms with Crippen molar-refractivity contribution in [2.75, 3.05) is 0 Å². The second-order valence-corrected chi connectivity index (χ2v) is 14.9. The third kappa shape index (κ3) is 7.65. The number of hydrogen-bond acceptors (Lipinski definition) is 4. The smallest absolute Gasteiger partial charge is 0.256 e. The molecule has 0 unspecified atom stereocenters. The fraction of sp³-hybridized carbons (Fsp3) is 0.176. The Bertz CT molecular complexity index is 2400. The minimum absolute atomic E-state index is 0.0344. The molecule has 18 heteroatoms. The van der Waals surface area contributed by atoms with E-state index in [0.717, 1.165) is 0 Å². The fourth-order valence-electron chi connectivity index (χ4n) is 5.50. The number of nitrogens with zero attached hydrogens (tertiary/aromatic N) is 6. The first-order valence-corrected chi connectivity index (χ1v) is 17.7. The molecule has 2 aromatic carbocycles. The Labute approximate surface area is 318 Å². The zero-order chi connectivity index (χ0) is 38.2. The molecule has 0 amide bonds. The number of pyridine rings is 2. The van der Waals surface area contributed by atoms with Gasteiger partial charge in [-0.3, -0.25) is 9.59 Å². The third-order valence-electron chi connectivity index (χ3n) is 7.70. The molecule has 0 atom stereocenters. The summed E-state index contributed by atoms with van der Waals surface area (Å²) in [5.74, 6) is -6.57. The van der Waals surface area contributed by atoms with Gasteiger partial charge in [0.05, 0.1) is 56.3 Å². The zero-order valence-electron chi connectivity index (χ0n) is 27.0. The van der Waals surface area contributed by atoms with Crippen LogP contribution in [0.25, 0.3) is 33.9 Å². The molecule has 0 spiro atoms. The van der Waals surface area contributed by atoms with Gasteiger partial charge in [-0.05, 0) is 32.9 Å². The lowest BCUT2D eigenvalue weighted by Gasteiger charge is -2.19. The summed E-state index contributed by atoms with van der Waals surface area (Å²) in [6.07, 6.45) is 5.60. The van der Waals surface area contributed by atoms with E-state index in [0.29, 0.717) is 45.4 Å². The van der Waals surface area contributed by atoms with E-state index in [9.17, 15) is 35.9 Å². The van der Waals surface area contributed by atoms with Gasteiger partial charge in [0.2, 0.25) is 0 Å². The quantitative estimate of drug-likeness (QED) is 0.118. The Balaban J connectivity index is 0.000000202. The van der Waals surface area contributed by atoms with E-state index in [4.69, 9.17) is 23.2 Å². The van der Waals surface area contributed by atoms with E-state index in [1.165, 1.54) is 55.4 Å². The number of benzene rings is 2.